The number of para-hydroxylation sites is 1. The minimum Gasteiger partial charge on any atom is -0.436 e. The Balaban J connectivity index is 2.11. The SMILES string of the molecule is COCCCn1nc(Oc2ccccc2)c(N)c1N. The van der Waals surface area contributed by atoms with E-state index < -0.39 is 0 Å². The predicted molar refractivity (Wildman–Crippen MR) is 74.1 cm³/mol. The lowest BCUT2D eigenvalue weighted by molar-refractivity contribution is 0.189. The number of aryl methyl sites for hydroxylation is 1. The van der Waals surface area contributed by atoms with E-state index in [-0.39, 0.29) is 0 Å². The van der Waals surface area contributed by atoms with Gasteiger partial charge in [0.15, 0.2) is 0 Å². The number of benzene rings is 1. The van der Waals surface area contributed by atoms with E-state index in [2.05, 4.69) is 5.10 Å². The largest absolute Gasteiger partial charge is 0.436 e. The highest BCUT2D eigenvalue weighted by molar-refractivity contribution is 5.66. The standard InChI is InChI=1S/C13H18N4O2/c1-18-9-5-8-17-12(15)11(14)13(16-17)19-10-6-3-2-4-7-10/h2-4,6-7H,5,8-9,14-15H2,1H3. The molecule has 4 N–H and O–H groups in total. The summed E-state index contributed by atoms with van der Waals surface area (Å²) in [7, 11) is 1.66. The van der Waals surface area contributed by atoms with E-state index in [1.807, 2.05) is 30.3 Å². The van der Waals surface area contributed by atoms with Gasteiger partial charge in [-0.05, 0) is 18.6 Å². The van der Waals surface area contributed by atoms with Crippen molar-refractivity contribution < 1.29 is 9.47 Å². The second-order valence-electron chi connectivity index (χ2n) is 4.09. The molecular weight excluding hydrogens is 244 g/mol. The van der Waals surface area contributed by atoms with E-state index in [0.29, 0.717) is 36.3 Å². The van der Waals surface area contributed by atoms with Crippen molar-refractivity contribution in [2.45, 2.75) is 13.0 Å². The van der Waals surface area contributed by atoms with Gasteiger partial charge in [-0.1, -0.05) is 18.2 Å². The lowest BCUT2D eigenvalue weighted by Crippen LogP contribution is -2.07. The van der Waals surface area contributed by atoms with Gasteiger partial charge in [-0.3, -0.25) is 0 Å². The van der Waals surface area contributed by atoms with Crippen molar-refractivity contribution in [3.8, 4) is 11.6 Å². The Labute approximate surface area is 111 Å². The topological polar surface area (TPSA) is 88.3 Å². The quantitative estimate of drug-likeness (QED) is 0.776. The molecule has 6 nitrogen and oxygen atoms in total. The summed E-state index contributed by atoms with van der Waals surface area (Å²) in [5.74, 6) is 1.43. The third-order valence-electron chi connectivity index (χ3n) is 2.67. The Hall–Kier alpha value is -2.21. The Morgan fingerprint density at radius 3 is 2.63 bits per heavy atom. The molecule has 2 rings (SSSR count). The number of nitrogen functional groups attached to an aromatic ring is 2. The third kappa shape index (κ3) is 3.17. The molecule has 0 saturated heterocycles. The van der Waals surface area contributed by atoms with Crippen LogP contribution in [0.1, 0.15) is 6.42 Å². The normalized spacial score (nSPS) is 10.6. The Morgan fingerprint density at radius 1 is 1.21 bits per heavy atom. The van der Waals surface area contributed by atoms with Crippen LogP contribution in [-0.2, 0) is 11.3 Å². The maximum Gasteiger partial charge on any atom is 0.264 e. The number of nitrogens with zero attached hydrogens (tertiary/aromatic N) is 2. The number of nitrogens with two attached hydrogens (primary N) is 2. The fourth-order valence-corrected chi connectivity index (χ4v) is 1.67. The lowest BCUT2D eigenvalue weighted by atomic mass is 10.3. The molecule has 0 aliphatic rings. The molecule has 0 radical (unpaired) electrons. The maximum atomic E-state index is 5.89. The van der Waals surface area contributed by atoms with Crippen LogP contribution >= 0.6 is 0 Å². The summed E-state index contributed by atoms with van der Waals surface area (Å²) >= 11 is 0. The van der Waals surface area contributed by atoms with Crippen LogP contribution in [0.5, 0.6) is 11.6 Å². The summed E-state index contributed by atoms with van der Waals surface area (Å²) in [6.07, 6.45) is 0.812. The molecule has 2 aromatic rings. The number of aromatic nitrogens is 2. The molecule has 0 unspecified atom stereocenters. The van der Waals surface area contributed by atoms with Crippen molar-refractivity contribution in [3.63, 3.8) is 0 Å². The van der Waals surface area contributed by atoms with Gasteiger partial charge in [-0.25, -0.2) is 4.68 Å². The molecule has 0 atom stereocenters. The highest BCUT2D eigenvalue weighted by Gasteiger charge is 2.14. The Kier molecular flexibility index (Phi) is 4.25. The van der Waals surface area contributed by atoms with Crippen LogP contribution in [0.15, 0.2) is 30.3 Å². The van der Waals surface area contributed by atoms with Crippen LogP contribution in [0.25, 0.3) is 0 Å². The monoisotopic (exact) mass is 262 g/mol. The van der Waals surface area contributed by atoms with Gasteiger partial charge in [0.1, 0.15) is 17.3 Å². The van der Waals surface area contributed by atoms with E-state index in [1.54, 1.807) is 11.8 Å². The highest BCUT2D eigenvalue weighted by Crippen LogP contribution is 2.30. The van der Waals surface area contributed by atoms with E-state index >= 15 is 0 Å². The molecule has 1 aromatic carbocycles. The molecule has 0 amide bonds. The smallest absolute Gasteiger partial charge is 0.264 e. The molecule has 6 heteroatoms. The first kappa shape index (κ1) is 13.2. The van der Waals surface area contributed by atoms with Crippen molar-refractivity contribution >= 4 is 11.5 Å². The van der Waals surface area contributed by atoms with Gasteiger partial charge in [0.2, 0.25) is 0 Å². The fraction of sp³-hybridized carbons (Fsp3) is 0.308. The average Bonchev–Trinajstić information content (AvgIpc) is 2.69. The molecule has 0 spiro atoms. The number of methoxy groups -OCH3 is 1. The second-order valence-corrected chi connectivity index (χ2v) is 4.09. The average molecular weight is 262 g/mol. The van der Waals surface area contributed by atoms with Gasteiger partial charge in [0, 0.05) is 20.3 Å². The summed E-state index contributed by atoms with van der Waals surface area (Å²) in [4.78, 5) is 0. The van der Waals surface area contributed by atoms with Gasteiger partial charge in [-0.15, -0.1) is 5.10 Å². The van der Waals surface area contributed by atoms with Crippen molar-refractivity contribution in [1.82, 2.24) is 9.78 Å². The number of hydrogen-bond donors (Lipinski definition) is 2. The zero-order chi connectivity index (χ0) is 13.7. The van der Waals surface area contributed by atoms with Gasteiger partial charge < -0.3 is 20.9 Å². The first-order chi connectivity index (χ1) is 9.22. The molecule has 19 heavy (non-hydrogen) atoms. The summed E-state index contributed by atoms with van der Waals surface area (Å²) in [5, 5.41) is 4.27. The fourth-order valence-electron chi connectivity index (χ4n) is 1.67. The van der Waals surface area contributed by atoms with Crippen LogP contribution in [0.2, 0.25) is 0 Å². The number of hydrogen-bond acceptors (Lipinski definition) is 5. The highest BCUT2D eigenvalue weighted by atomic mass is 16.5. The molecule has 0 fully saturated rings. The van der Waals surface area contributed by atoms with Crippen molar-refractivity contribution in [2.75, 3.05) is 25.2 Å². The molecule has 1 heterocycles. The van der Waals surface area contributed by atoms with E-state index in [1.165, 1.54) is 0 Å². The van der Waals surface area contributed by atoms with Crippen molar-refractivity contribution in [3.05, 3.63) is 30.3 Å². The Morgan fingerprint density at radius 2 is 1.95 bits per heavy atom. The summed E-state index contributed by atoms with van der Waals surface area (Å²) in [6, 6.07) is 9.34. The maximum absolute atomic E-state index is 5.89. The van der Waals surface area contributed by atoms with E-state index in [0.717, 1.165) is 6.42 Å². The summed E-state index contributed by atoms with van der Waals surface area (Å²) in [5.41, 5.74) is 12.1. The van der Waals surface area contributed by atoms with Crippen LogP contribution in [0, 0.1) is 0 Å². The van der Waals surface area contributed by atoms with E-state index in [9.17, 15) is 0 Å². The van der Waals surface area contributed by atoms with Crippen LogP contribution in [0.4, 0.5) is 11.5 Å². The zero-order valence-electron chi connectivity index (χ0n) is 10.9. The molecule has 102 valence electrons. The number of rotatable bonds is 6. The van der Waals surface area contributed by atoms with Gasteiger partial charge in [0.25, 0.3) is 5.88 Å². The van der Waals surface area contributed by atoms with Gasteiger partial charge in [-0.2, -0.15) is 0 Å². The molecule has 0 aliphatic carbocycles. The summed E-state index contributed by atoms with van der Waals surface area (Å²) in [6.45, 7) is 1.29. The van der Waals surface area contributed by atoms with Gasteiger partial charge >= 0.3 is 0 Å². The van der Waals surface area contributed by atoms with Crippen molar-refractivity contribution in [2.24, 2.45) is 0 Å². The number of anilines is 2. The first-order valence-corrected chi connectivity index (χ1v) is 6.06. The lowest BCUT2D eigenvalue weighted by Gasteiger charge is -2.02. The molecule has 0 aliphatic heterocycles. The zero-order valence-corrected chi connectivity index (χ0v) is 10.9. The van der Waals surface area contributed by atoms with Crippen LogP contribution in [0.3, 0.4) is 0 Å². The molecule has 1 aromatic heterocycles. The second kappa shape index (κ2) is 6.10. The Bertz CT molecular complexity index is 525. The third-order valence-corrected chi connectivity index (χ3v) is 2.67. The predicted octanol–water partition coefficient (Wildman–Crippen LogP) is 1.88. The molecule has 0 bridgehead atoms. The number of ether oxygens (including phenoxy) is 2. The van der Waals surface area contributed by atoms with Gasteiger partial charge in [0.05, 0.1) is 0 Å². The summed E-state index contributed by atoms with van der Waals surface area (Å²) < 4.78 is 12.2. The van der Waals surface area contributed by atoms with Crippen LogP contribution in [-0.4, -0.2) is 23.5 Å². The minimum atomic E-state index is 0.334. The van der Waals surface area contributed by atoms with E-state index in [4.69, 9.17) is 20.9 Å². The minimum absolute atomic E-state index is 0.334. The molecule has 0 saturated carbocycles. The van der Waals surface area contributed by atoms with Crippen LogP contribution < -0.4 is 16.2 Å². The first-order valence-electron chi connectivity index (χ1n) is 6.06. The molecular formula is C13H18N4O2. The van der Waals surface area contributed by atoms with Crippen molar-refractivity contribution in [1.29, 1.82) is 0 Å².